The van der Waals surface area contributed by atoms with E-state index in [1.165, 1.54) is 0 Å². The number of halogens is 2. The molecular weight excluding hydrogens is 143 g/mol. The predicted molar refractivity (Wildman–Crippen MR) is 39.8 cm³/mol. The quantitative estimate of drug-likeness (QED) is 0.432. The Hall–Kier alpha value is 0.320. The van der Waals surface area contributed by atoms with Crippen molar-refractivity contribution in [3.05, 3.63) is 12.2 Å². The van der Waals surface area contributed by atoms with E-state index in [4.69, 9.17) is 23.2 Å². The van der Waals surface area contributed by atoms with Gasteiger partial charge in [0, 0.05) is 5.88 Å². The van der Waals surface area contributed by atoms with Gasteiger partial charge in [-0.15, -0.1) is 23.2 Å². The normalized spacial score (nSPS) is 13.4. The first kappa shape index (κ1) is 8.32. The molecule has 0 spiro atoms. The monoisotopic (exact) mass is 152 g/mol. The standard InChI is InChI=1S/C6H10Cl2/c1-5(2)6(8)3-4-7/h6H,1,3-4H2,2H3. The van der Waals surface area contributed by atoms with Gasteiger partial charge in [-0.1, -0.05) is 12.2 Å². The van der Waals surface area contributed by atoms with Gasteiger partial charge in [0.15, 0.2) is 0 Å². The van der Waals surface area contributed by atoms with Crippen molar-refractivity contribution in [3.63, 3.8) is 0 Å². The SMILES string of the molecule is C=C(C)C(Cl)CCCl. The van der Waals surface area contributed by atoms with Crippen LogP contribution in [0.3, 0.4) is 0 Å². The van der Waals surface area contributed by atoms with Crippen molar-refractivity contribution < 1.29 is 0 Å². The van der Waals surface area contributed by atoms with Crippen LogP contribution in [-0.2, 0) is 0 Å². The molecule has 0 nitrogen and oxygen atoms in total. The Morgan fingerprint density at radius 3 is 2.38 bits per heavy atom. The van der Waals surface area contributed by atoms with E-state index in [2.05, 4.69) is 6.58 Å². The molecule has 0 bridgehead atoms. The molecule has 0 N–H and O–H groups in total. The van der Waals surface area contributed by atoms with Crippen LogP contribution in [0, 0.1) is 0 Å². The van der Waals surface area contributed by atoms with E-state index in [1.807, 2.05) is 6.92 Å². The third-order valence-electron chi connectivity index (χ3n) is 0.897. The highest BCUT2D eigenvalue weighted by molar-refractivity contribution is 6.23. The molecule has 1 unspecified atom stereocenters. The molecule has 0 aromatic rings. The van der Waals surface area contributed by atoms with Crippen LogP contribution in [0.2, 0.25) is 0 Å². The van der Waals surface area contributed by atoms with Gasteiger partial charge in [0.25, 0.3) is 0 Å². The maximum Gasteiger partial charge on any atom is 0.0551 e. The van der Waals surface area contributed by atoms with Crippen molar-refractivity contribution in [1.29, 1.82) is 0 Å². The van der Waals surface area contributed by atoms with Crippen molar-refractivity contribution in [2.75, 3.05) is 5.88 Å². The molecule has 0 saturated carbocycles. The summed E-state index contributed by atoms with van der Waals surface area (Å²) in [6.45, 7) is 5.59. The average molecular weight is 153 g/mol. The number of hydrogen-bond acceptors (Lipinski definition) is 0. The van der Waals surface area contributed by atoms with Crippen LogP contribution in [0.15, 0.2) is 12.2 Å². The molecule has 0 radical (unpaired) electrons. The number of allylic oxidation sites excluding steroid dienone is 1. The largest absolute Gasteiger partial charge is 0.127 e. The smallest absolute Gasteiger partial charge is 0.0551 e. The topological polar surface area (TPSA) is 0 Å². The van der Waals surface area contributed by atoms with Gasteiger partial charge < -0.3 is 0 Å². The molecule has 1 atom stereocenters. The number of alkyl halides is 2. The van der Waals surface area contributed by atoms with E-state index in [-0.39, 0.29) is 5.38 Å². The van der Waals surface area contributed by atoms with Gasteiger partial charge in [0.05, 0.1) is 5.38 Å². The van der Waals surface area contributed by atoms with E-state index in [9.17, 15) is 0 Å². The lowest BCUT2D eigenvalue weighted by Crippen LogP contribution is -1.98. The highest BCUT2D eigenvalue weighted by Crippen LogP contribution is 2.11. The zero-order valence-electron chi connectivity index (χ0n) is 4.95. The van der Waals surface area contributed by atoms with Crippen LogP contribution in [-0.4, -0.2) is 11.3 Å². The minimum Gasteiger partial charge on any atom is -0.127 e. The van der Waals surface area contributed by atoms with Crippen molar-refractivity contribution in [3.8, 4) is 0 Å². The van der Waals surface area contributed by atoms with Crippen LogP contribution in [0.4, 0.5) is 0 Å². The van der Waals surface area contributed by atoms with E-state index in [1.54, 1.807) is 0 Å². The Labute approximate surface area is 60.5 Å². The summed E-state index contributed by atoms with van der Waals surface area (Å²) < 4.78 is 0. The summed E-state index contributed by atoms with van der Waals surface area (Å²) in [5.74, 6) is 0.612. The maximum absolute atomic E-state index is 5.73. The molecule has 0 aliphatic rings. The molecule has 0 rings (SSSR count). The summed E-state index contributed by atoms with van der Waals surface area (Å²) in [7, 11) is 0. The molecule has 8 heavy (non-hydrogen) atoms. The summed E-state index contributed by atoms with van der Waals surface area (Å²) in [4.78, 5) is 0. The molecule has 0 fully saturated rings. The summed E-state index contributed by atoms with van der Waals surface area (Å²) in [5, 5.41) is 0.0625. The van der Waals surface area contributed by atoms with Crippen LogP contribution in [0.1, 0.15) is 13.3 Å². The van der Waals surface area contributed by atoms with Crippen molar-refractivity contribution in [1.82, 2.24) is 0 Å². The third-order valence-corrected chi connectivity index (χ3v) is 1.71. The van der Waals surface area contributed by atoms with Crippen LogP contribution >= 0.6 is 23.2 Å². The Morgan fingerprint density at radius 2 is 2.25 bits per heavy atom. The molecule has 0 amide bonds. The van der Waals surface area contributed by atoms with Gasteiger partial charge in [-0.3, -0.25) is 0 Å². The molecule has 0 aromatic carbocycles. The fraction of sp³-hybridized carbons (Fsp3) is 0.667. The maximum atomic E-state index is 5.73. The van der Waals surface area contributed by atoms with Crippen molar-refractivity contribution in [2.24, 2.45) is 0 Å². The Balaban J connectivity index is 3.32. The van der Waals surface area contributed by atoms with E-state index < -0.39 is 0 Å². The van der Waals surface area contributed by atoms with Gasteiger partial charge in [-0.2, -0.15) is 0 Å². The van der Waals surface area contributed by atoms with E-state index in [0.717, 1.165) is 12.0 Å². The van der Waals surface area contributed by atoms with Gasteiger partial charge in [0.1, 0.15) is 0 Å². The zero-order chi connectivity index (χ0) is 6.57. The lowest BCUT2D eigenvalue weighted by molar-refractivity contribution is 0.925. The zero-order valence-corrected chi connectivity index (χ0v) is 6.47. The lowest BCUT2D eigenvalue weighted by Gasteiger charge is -2.03. The highest BCUT2D eigenvalue weighted by Gasteiger charge is 2.01. The van der Waals surface area contributed by atoms with E-state index >= 15 is 0 Å². The summed E-state index contributed by atoms with van der Waals surface area (Å²) in [6.07, 6.45) is 0.818. The highest BCUT2D eigenvalue weighted by atomic mass is 35.5. The Morgan fingerprint density at radius 1 is 1.75 bits per heavy atom. The molecule has 0 aliphatic heterocycles. The van der Waals surface area contributed by atoms with Crippen molar-refractivity contribution in [2.45, 2.75) is 18.7 Å². The van der Waals surface area contributed by atoms with Crippen molar-refractivity contribution >= 4 is 23.2 Å². The first-order valence-electron chi connectivity index (χ1n) is 2.54. The molecule has 0 heterocycles. The van der Waals surface area contributed by atoms with Crippen LogP contribution in [0.5, 0.6) is 0 Å². The third kappa shape index (κ3) is 3.34. The number of rotatable bonds is 3. The Kier molecular flexibility index (Phi) is 4.39. The molecule has 48 valence electrons. The summed E-state index contributed by atoms with van der Waals surface area (Å²) in [6, 6.07) is 0. The molecule has 2 heteroatoms. The fourth-order valence-electron chi connectivity index (χ4n) is 0.342. The van der Waals surface area contributed by atoms with Gasteiger partial charge >= 0.3 is 0 Å². The minimum absolute atomic E-state index is 0.0625. The second kappa shape index (κ2) is 4.22. The number of hydrogen-bond donors (Lipinski definition) is 0. The predicted octanol–water partition coefficient (Wildman–Crippen LogP) is 2.80. The molecule has 0 aliphatic carbocycles. The fourth-order valence-corrected chi connectivity index (χ4v) is 0.781. The van der Waals surface area contributed by atoms with Gasteiger partial charge in [-0.25, -0.2) is 0 Å². The summed E-state index contributed by atoms with van der Waals surface area (Å²) in [5.41, 5.74) is 0.993. The summed E-state index contributed by atoms with van der Waals surface area (Å²) >= 11 is 11.1. The molecule has 0 aromatic heterocycles. The first-order chi connectivity index (χ1) is 3.68. The van der Waals surface area contributed by atoms with Crippen LogP contribution in [0.25, 0.3) is 0 Å². The second-order valence-corrected chi connectivity index (χ2v) is 2.70. The van der Waals surface area contributed by atoms with Gasteiger partial charge in [-0.05, 0) is 13.3 Å². The minimum atomic E-state index is 0.0625. The lowest BCUT2D eigenvalue weighted by atomic mass is 10.2. The average Bonchev–Trinajstić information content (AvgIpc) is 1.67. The van der Waals surface area contributed by atoms with Gasteiger partial charge in [0.2, 0.25) is 0 Å². The first-order valence-corrected chi connectivity index (χ1v) is 3.51. The molecular formula is C6H10Cl2. The van der Waals surface area contributed by atoms with E-state index in [0.29, 0.717) is 5.88 Å². The molecule has 0 saturated heterocycles. The second-order valence-electron chi connectivity index (χ2n) is 1.79. The van der Waals surface area contributed by atoms with Crippen LogP contribution < -0.4 is 0 Å². The Bertz CT molecular complexity index is 78.6.